The van der Waals surface area contributed by atoms with Crippen LogP contribution in [0.5, 0.6) is 5.75 Å². The quantitative estimate of drug-likeness (QED) is 0.531. The first-order valence-corrected chi connectivity index (χ1v) is 9.68. The second-order valence-corrected chi connectivity index (χ2v) is 7.44. The Kier molecular flexibility index (Phi) is 5.37. The molecule has 28 heavy (non-hydrogen) atoms. The van der Waals surface area contributed by atoms with E-state index >= 15 is 0 Å². The van der Waals surface area contributed by atoms with Crippen molar-refractivity contribution >= 4 is 28.1 Å². The van der Waals surface area contributed by atoms with Crippen LogP contribution < -0.4 is 9.64 Å². The van der Waals surface area contributed by atoms with Gasteiger partial charge in [0, 0.05) is 42.5 Å². The minimum Gasteiger partial charge on any atom is -0.461 e. The van der Waals surface area contributed by atoms with E-state index in [9.17, 15) is 15.3 Å². The first-order chi connectivity index (χ1) is 13.5. The lowest BCUT2D eigenvalue weighted by Crippen LogP contribution is -2.48. The summed E-state index contributed by atoms with van der Waals surface area (Å²) in [7, 11) is 2.00. The van der Waals surface area contributed by atoms with E-state index < -0.39 is 24.6 Å². The number of benzene rings is 2. The number of aliphatic hydroxyl groups is 3. The van der Waals surface area contributed by atoms with E-state index in [0.29, 0.717) is 11.6 Å². The predicted octanol–water partition coefficient (Wildman–Crippen LogP) is 1.43. The van der Waals surface area contributed by atoms with Gasteiger partial charge in [-0.25, -0.2) is 0 Å². The van der Waals surface area contributed by atoms with E-state index in [-0.39, 0.29) is 12.5 Å². The van der Waals surface area contributed by atoms with Crippen molar-refractivity contribution in [1.82, 2.24) is 0 Å². The Morgan fingerprint density at radius 2 is 1.96 bits per heavy atom. The smallest absolute Gasteiger partial charge is 0.229 e. The zero-order valence-corrected chi connectivity index (χ0v) is 16.1. The van der Waals surface area contributed by atoms with Crippen molar-refractivity contribution in [3.05, 3.63) is 35.9 Å². The first kappa shape index (κ1) is 19.3. The van der Waals surface area contributed by atoms with Crippen molar-refractivity contribution in [3.8, 4) is 17.6 Å². The van der Waals surface area contributed by atoms with E-state index in [1.165, 1.54) is 5.56 Å². The number of aliphatic hydroxyl groups excluding tert-OH is 3. The molecule has 5 atom stereocenters. The molecule has 6 nitrogen and oxygen atoms in total. The van der Waals surface area contributed by atoms with E-state index in [0.717, 1.165) is 23.0 Å². The zero-order chi connectivity index (χ0) is 19.8. The summed E-state index contributed by atoms with van der Waals surface area (Å²) in [6, 6.07) is 9.75. The monoisotopic (exact) mass is 403 g/mol. The molecule has 0 radical (unpaired) electrons. The number of halogens is 1. The molecule has 2 aromatic rings. The fourth-order valence-electron chi connectivity index (χ4n) is 3.87. The number of anilines is 1. The van der Waals surface area contributed by atoms with Crippen LogP contribution in [0.2, 0.25) is 0 Å². The Balaban J connectivity index is 1.76. The first-order valence-electron chi connectivity index (χ1n) is 9.15. The Bertz CT molecular complexity index is 940. The molecule has 7 heteroatoms. The van der Waals surface area contributed by atoms with E-state index in [4.69, 9.17) is 21.1 Å². The lowest BCUT2D eigenvalue weighted by atomic mass is 9.95. The third kappa shape index (κ3) is 3.30. The molecule has 0 aliphatic carbocycles. The molecule has 4 rings (SSSR count). The number of ether oxygens (including phenoxy) is 2. The minimum absolute atomic E-state index is 0.0252. The summed E-state index contributed by atoms with van der Waals surface area (Å²) in [5.41, 5.74) is 2.20. The van der Waals surface area contributed by atoms with Gasteiger partial charge in [-0.15, -0.1) is 11.6 Å². The number of fused-ring (bicyclic) bond motifs is 3. The largest absolute Gasteiger partial charge is 0.461 e. The summed E-state index contributed by atoms with van der Waals surface area (Å²) in [5.74, 6) is 6.30. The number of nitrogens with zero attached hydrogens (tertiary/aromatic N) is 1. The topological polar surface area (TPSA) is 82.4 Å². The third-order valence-corrected chi connectivity index (χ3v) is 5.66. The van der Waals surface area contributed by atoms with Crippen LogP contribution in [0.4, 0.5) is 5.69 Å². The second-order valence-electron chi connectivity index (χ2n) is 7.13. The average molecular weight is 404 g/mol. The highest BCUT2D eigenvalue weighted by Crippen LogP contribution is 2.45. The molecule has 0 saturated carbocycles. The van der Waals surface area contributed by atoms with Crippen LogP contribution >= 0.6 is 11.6 Å². The molecule has 0 spiro atoms. The highest BCUT2D eigenvalue weighted by atomic mass is 35.5. The Morgan fingerprint density at radius 1 is 1.21 bits per heavy atom. The average Bonchev–Trinajstić information content (AvgIpc) is 3.04. The lowest BCUT2D eigenvalue weighted by Gasteiger charge is -2.29. The molecule has 3 N–H and O–H groups in total. The maximum Gasteiger partial charge on any atom is 0.229 e. The van der Waals surface area contributed by atoms with Crippen LogP contribution in [0, 0.1) is 11.8 Å². The fourth-order valence-corrected chi connectivity index (χ4v) is 4.12. The number of alkyl halides is 1. The summed E-state index contributed by atoms with van der Waals surface area (Å²) in [6.07, 6.45) is -5.49. The van der Waals surface area contributed by atoms with Crippen LogP contribution in [0.15, 0.2) is 30.3 Å². The van der Waals surface area contributed by atoms with E-state index in [1.807, 2.05) is 37.4 Å². The highest BCUT2D eigenvalue weighted by Gasteiger charge is 2.35. The maximum atomic E-state index is 10.4. The fraction of sp³-hybridized carbons (Fsp3) is 0.429. The molecule has 2 heterocycles. The molecule has 0 saturated heterocycles. The van der Waals surface area contributed by atoms with Gasteiger partial charge in [0.05, 0.1) is 0 Å². The summed E-state index contributed by atoms with van der Waals surface area (Å²) in [6.45, 7) is 0.790. The zero-order valence-electron chi connectivity index (χ0n) is 15.4. The van der Waals surface area contributed by atoms with E-state index in [1.54, 1.807) is 0 Å². The summed E-state index contributed by atoms with van der Waals surface area (Å²) >= 11 is 6.20. The second kappa shape index (κ2) is 7.78. The van der Waals surface area contributed by atoms with Gasteiger partial charge in [0.15, 0.2) is 0 Å². The van der Waals surface area contributed by atoms with Gasteiger partial charge >= 0.3 is 0 Å². The van der Waals surface area contributed by atoms with Gasteiger partial charge in [0.2, 0.25) is 6.29 Å². The Labute approximate surface area is 168 Å². The highest BCUT2D eigenvalue weighted by molar-refractivity contribution is 6.18. The van der Waals surface area contributed by atoms with Crippen LogP contribution in [-0.4, -0.2) is 66.0 Å². The van der Waals surface area contributed by atoms with Gasteiger partial charge in [0.1, 0.15) is 30.7 Å². The van der Waals surface area contributed by atoms with Gasteiger partial charge in [-0.1, -0.05) is 36.1 Å². The van der Waals surface area contributed by atoms with Crippen LogP contribution in [0.1, 0.15) is 11.5 Å². The molecule has 0 aromatic heterocycles. The maximum absolute atomic E-state index is 10.4. The number of likely N-dealkylation sites (N-methyl/N-ethyl adjacent to an activating group) is 1. The van der Waals surface area contributed by atoms with Crippen molar-refractivity contribution in [2.75, 3.05) is 31.0 Å². The predicted molar refractivity (Wildman–Crippen MR) is 107 cm³/mol. The molecule has 0 bridgehead atoms. The van der Waals surface area contributed by atoms with Gasteiger partial charge < -0.3 is 29.7 Å². The normalized spacial score (nSPS) is 29.6. The van der Waals surface area contributed by atoms with Crippen molar-refractivity contribution in [1.29, 1.82) is 0 Å². The molecule has 2 aromatic carbocycles. The van der Waals surface area contributed by atoms with Crippen molar-refractivity contribution < 1.29 is 24.8 Å². The SMILES string of the molecule is CN1CC(CCl)c2c1cc(OC1OCC#CC(O)C(O)C1O)c1ccccc21. The molecular weight excluding hydrogens is 382 g/mol. The lowest BCUT2D eigenvalue weighted by molar-refractivity contribution is -0.180. The molecular formula is C21H22ClNO5. The molecule has 2 aliphatic rings. The van der Waals surface area contributed by atoms with Crippen molar-refractivity contribution in [3.63, 3.8) is 0 Å². The number of hydrogen-bond donors (Lipinski definition) is 3. The molecule has 2 aliphatic heterocycles. The molecule has 148 valence electrons. The van der Waals surface area contributed by atoms with Gasteiger partial charge in [-0.05, 0) is 10.9 Å². The number of rotatable bonds is 3. The standard InChI is InChI=1S/C21H22ClNO5/c1-23-11-12(10-22)18-14-6-3-2-5-13(14)17(9-15(18)23)28-21-20(26)19(25)16(24)7-4-8-27-21/h2-3,5-6,9,12,16,19-21,24-26H,8,10-11H2,1H3. The third-order valence-electron chi connectivity index (χ3n) is 5.29. The Hall–Kier alpha value is -2.01. The van der Waals surface area contributed by atoms with Gasteiger partial charge in [0.25, 0.3) is 0 Å². The molecule has 5 unspecified atom stereocenters. The van der Waals surface area contributed by atoms with Crippen molar-refractivity contribution in [2.45, 2.75) is 30.5 Å². The van der Waals surface area contributed by atoms with E-state index in [2.05, 4.69) is 16.7 Å². The molecule has 0 amide bonds. The van der Waals surface area contributed by atoms with Crippen molar-refractivity contribution in [2.24, 2.45) is 0 Å². The molecule has 0 fully saturated rings. The van der Waals surface area contributed by atoms with Crippen LogP contribution in [0.25, 0.3) is 10.8 Å². The van der Waals surface area contributed by atoms with Gasteiger partial charge in [-0.2, -0.15) is 0 Å². The van der Waals surface area contributed by atoms with Crippen LogP contribution in [0.3, 0.4) is 0 Å². The van der Waals surface area contributed by atoms with Gasteiger partial charge in [-0.3, -0.25) is 0 Å². The van der Waals surface area contributed by atoms with Crippen LogP contribution in [-0.2, 0) is 4.74 Å². The summed E-state index contributed by atoms with van der Waals surface area (Å²) < 4.78 is 11.5. The summed E-state index contributed by atoms with van der Waals surface area (Å²) in [4.78, 5) is 2.13. The minimum atomic E-state index is -1.50. The Morgan fingerprint density at radius 3 is 2.71 bits per heavy atom. The number of hydrogen-bond acceptors (Lipinski definition) is 6. The summed E-state index contributed by atoms with van der Waals surface area (Å²) in [5, 5.41) is 32.2.